The first-order chi connectivity index (χ1) is 35.2. The van der Waals surface area contributed by atoms with Crippen LogP contribution >= 0.6 is 0 Å². The van der Waals surface area contributed by atoms with Crippen molar-refractivity contribution in [3.05, 3.63) is 192 Å². The van der Waals surface area contributed by atoms with E-state index >= 15 is 4.39 Å². The van der Waals surface area contributed by atoms with Crippen molar-refractivity contribution in [3.63, 3.8) is 0 Å². The van der Waals surface area contributed by atoms with Gasteiger partial charge in [-0.2, -0.15) is 0 Å². The Labute approximate surface area is 434 Å². The molecule has 3 atom stereocenters. The molecule has 0 spiro atoms. The first kappa shape index (κ1) is 60.4. The van der Waals surface area contributed by atoms with Crippen LogP contribution in [0.1, 0.15) is 140 Å². The van der Waals surface area contributed by atoms with E-state index in [2.05, 4.69) is 123 Å². The van der Waals surface area contributed by atoms with Crippen LogP contribution in [0.5, 0.6) is 0 Å². The summed E-state index contributed by atoms with van der Waals surface area (Å²) in [6.07, 6.45) is 57.6. The molecule has 0 bridgehead atoms. The summed E-state index contributed by atoms with van der Waals surface area (Å²) in [5.41, 5.74) is 1.89. The van der Waals surface area contributed by atoms with E-state index in [0.29, 0.717) is 37.0 Å². The minimum Gasteiger partial charge on any atom is -0.462 e. The average Bonchev–Trinajstić information content (AvgIpc) is 3.68. The van der Waals surface area contributed by atoms with Gasteiger partial charge in [0.05, 0.1) is 11.8 Å². The van der Waals surface area contributed by atoms with Crippen molar-refractivity contribution in [2.45, 2.75) is 146 Å². The van der Waals surface area contributed by atoms with Crippen molar-refractivity contribution in [3.8, 4) is 0 Å². The number of unbranched alkanes of at least 4 members (excludes halogenated alkanes) is 2. The molecule has 0 aliphatic heterocycles. The third-order valence-electron chi connectivity index (χ3n) is 11.7. The van der Waals surface area contributed by atoms with Crippen LogP contribution in [0.2, 0.25) is 0 Å². The van der Waals surface area contributed by atoms with Crippen LogP contribution in [0.4, 0.5) is 4.39 Å². The van der Waals surface area contributed by atoms with Crippen LogP contribution in [0, 0.1) is 0 Å². The maximum atomic E-state index is 15.5. The number of carbonyl (C=O) groups is 3. The highest BCUT2D eigenvalue weighted by Crippen LogP contribution is 2.47. The molecule has 388 valence electrons. The fourth-order valence-corrected chi connectivity index (χ4v) is 8.34. The SMILES string of the molecule is CCC=CCC=CCC=CCC=CCC=CCCCC(=O)OCC(COC(=O)CC1(CF)/C(=C\c2ccc(S(C)=O)cc2)Cc2ccccc21)OC(=O)CCCC=CCC=CCC=CCC=CCC=CCC. The van der Waals surface area contributed by atoms with Crippen molar-refractivity contribution in [1.82, 2.24) is 0 Å². The molecule has 0 heterocycles. The molecular formula is C63H81FO7S. The van der Waals surface area contributed by atoms with E-state index < -0.39 is 46.9 Å². The Morgan fingerprint density at radius 3 is 1.47 bits per heavy atom. The summed E-state index contributed by atoms with van der Waals surface area (Å²) in [7, 11) is -1.14. The van der Waals surface area contributed by atoms with Gasteiger partial charge in [0.2, 0.25) is 0 Å². The lowest BCUT2D eigenvalue weighted by molar-refractivity contribution is -0.167. The zero-order chi connectivity index (χ0) is 51.8. The number of halogens is 1. The molecule has 0 amide bonds. The third kappa shape index (κ3) is 26.0. The molecule has 3 rings (SSSR count). The Morgan fingerprint density at radius 1 is 0.583 bits per heavy atom. The smallest absolute Gasteiger partial charge is 0.307 e. The number of esters is 3. The fourth-order valence-electron chi connectivity index (χ4n) is 7.82. The highest BCUT2D eigenvalue weighted by atomic mass is 32.2. The third-order valence-corrected chi connectivity index (χ3v) is 12.7. The molecular weight excluding hydrogens is 920 g/mol. The lowest BCUT2D eigenvalue weighted by Gasteiger charge is -2.29. The highest BCUT2D eigenvalue weighted by Gasteiger charge is 2.45. The lowest BCUT2D eigenvalue weighted by atomic mass is 9.76. The van der Waals surface area contributed by atoms with Crippen LogP contribution in [0.3, 0.4) is 0 Å². The fraction of sp³-hybridized carbons (Fsp3) is 0.413. The van der Waals surface area contributed by atoms with Gasteiger partial charge < -0.3 is 14.2 Å². The Hall–Kier alpha value is -5.93. The topological polar surface area (TPSA) is 96.0 Å². The van der Waals surface area contributed by atoms with Gasteiger partial charge in [-0.3, -0.25) is 18.6 Å². The Kier molecular flexibility index (Phi) is 32.5. The van der Waals surface area contributed by atoms with Gasteiger partial charge in [0.25, 0.3) is 0 Å². The molecule has 1 aliphatic rings. The minimum absolute atomic E-state index is 0.130. The van der Waals surface area contributed by atoms with E-state index in [1.807, 2.05) is 54.6 Å². The van der Waals surface area contributed by atoms with Gasteiger partial charge in [-0.05, 0) is 125 Å². The summed E-state index contributed by atoms with van der Waals surface area (Å²) < 4.78 is 44.6. The summed E-state index contributed by atoms with van der Waals surface area (Å²) in [6.45, 7) is 2.79. The van der Waals surface area contributed by atoms with Gasteiger partial charge in [0, 0.05) is 34.8 Å². The van der Waals surface area contributed by atoms with Crippen molar-refractivity contribution < 1.29 is 37.2 Å². The Bertz CT molecular complexity index is 2250. The zero-order valence-corrected chi connectivity index (χ0v) is 44.1. The van der Waals surface area contributed by atoms with Crippen molar-refractivity contribution in [2.75, 3.05) is 26.1 Å². The molecule has 0 N–H and O–H groups in total. The first-order valence-electron chi connectivity index (χ1n) is 26.0. The number of hydrogen-bond donors (Lipinski definition) is 0. The van der Waals surface area contributed by atoms with Crippen LogP contribution in [-0.4, -0.2) is 54.4 Å². The number of ether oxygens (including phenoxy) is 3. The zero-order valence-electron chi connectivity index (χ0n) is 43.3. The number of carbonyl (C=O) groups excluding carboxylic acids is 3. The van der Waals surface area contributed by atoms with Gasteiger partial charge in [-0.15, -0.1) is 0 Å². The van der Waals surface area contributed by atoms with Gasteiger partial charge >= 0.3 is 17.9 Å². The molecule has 1 aliphatic carbocycles. The number of alkyl halides is 1. The van der Waals surface area contributed by atoms with Crippen LogP contribution < -0.4 is 0 Å². The summed E-state index contributed by atoms with van der Waals surface area (Å²) in [5, 5.41) is 0. The monoisotopic (exact) mass is 1000 g/mol. The van der Waals surface area contributed by atoms with E-state index in [0.717, 1.165) is 86.5 Å². The second kappa shape index (κ2) is 38.7. The standard InChI is InChI=1S/C63H81FO7S/c1-4-6-8-10-12-14-16-18-20-22-24-26-28-30-32-34-36-42-60(65)69-51-57(71-61(66)43-37-35-33-31-29-27-25-23-21-19-17-15-13-11-9-7-5-2)52-70-62(67)50-63(53-64)56(49-55-40-38-39-41-59(55)63)48-54-44-46-58(47-45-54)72(3)68/h6-9,12-15,18-21,24-27,30-33,38-41,44-48,57H,4-5,10-11,16-17,22-23,28-29,34-37,42-43,49-53H2,1-3H3/b8-6?,9-7?,14-12?,15-13?,20-18?,21-19?,26-24?,27-25?,32-30?,33-31?,56-48-. The largest absolute Gasteiger partial charge is 0.462 e. The normalized spacial score (nSPS) is 16.8. The second-order valence-electron chi connectivity index (χ2n) is 17.6. The van der Waals surface area contributed by atoms with E-state index in [1.54, 1.807) is 18.4 Å². The molecule has 0 radical (unpaired) electrons. The number of hydrogen-bond acceptors (Lipinski definition) is 7. The van der Waals surface area contributed by atoms with Gasteiger partial charge in [-0.25, -0.2) is 4.39 Å². The number of fused-ring (bicyclic) bond motifs is 1. The second-order valence-corrected chi connectivity index (χ2v) is 19.0. The van der Waals surface area contributed by atoms with Gasteiger partial charge in [0.15, 0.2) is 6.10 Å². The van der Waals surface area contributed by atoms with Crippen LogP contribution in [0.25, 0.3) is 6.08 Å². The Morgan fingerprint density at radius 2 is 1.01 bits per heavy atom. The number of rotatable bonds is 36. The lowest BCUT2D eigenvalue weighted by Crippen LogP contribution is -2.35. The predicted octanol–water partition coefficient (Wildman–Crippen LogP) is 15.5. The van der Waals surface area contributed by atoms with E-state index in [9.17, 15) is 18.6 Å². The molecule has 0 aromatic heterocycles. The first-order valence-corrected chi connectivity index (χ1v) is 27.6. The molecule has 72 heavy (non-hydrogen) atoms. The van der Waals surface area contributed by atoms with Crippen LogP contribution in [-0.2, 0) is 51.2 Å². The molecule has 0 saturated carbocycles. The molecule has 9 heteroatoms. The van der Waals surface area contributed by atoms with Crippen molar-refractivity contribution in [2.24, 2.45) is 0 Å². The number of allylic oxidation sites excluding steroid dienone is 21. The van der Waals surface area contributed by atoms with E-state index in [1.165, 1.54) is 0 Å². The quantitative estimate of drug-likeness (QED) is 0.0290. The summed E-state index contributed by atoms with van der Waals surface area (Å²) in [4.78, 5) is 40.3. The molecule has 0 fully saturated rings. The highest BCUT2D eigenvalue weighted by molar-refractivity contribution is 7.84. The molecule has 0 saturated heterocycles. The molecule has 3 unspecified atom stereocenters. The van der Waals surface area contributed by atoms with Crippen molar-refractivity contribution >= 4 is 34.8 Å². The molecule has 2 aromatic carbocycles. The van der Waals surface area contributed by atoms with Gasteiger partial charge in [-0.1, -0.05) is 183 Å². The maximum Gasteiger partial charge on any atom is 0.307 e. The van der Waals surface area contributed by atoms with Crippen LogP contribution in [0.15, 0.2) is 181 Å². The summed E-state index contributed by atoms with van der Waals surface area (Å²) in [5.74, 6) is -1.61. The van der Waals surface area contributed by atoms with E-state index in [-0.39, 0.29) is 32.5 Å². The van der Waals surface area contributed by atoms with Crippen molar-refractivity contribution in [1.29, 1.82) is 0 Å². The Balaban J connectivity index is 1.53. The summed E-state index contributed by atoms with van der Waals surface area (Å²) >= 11 is 0. The minimum atomic E-state index is -1.27. The molecule has 7 nitrogen and oxygen atoms in total. The molecule has 2 aromatic rings. The maximum absolute atomic E-state index is 15.5. The predicted molar refractivity (Wildman–Crippen MR) is 298 cm³/mol. The van der Waals surface area contributed by atoms with Gasteiger partial charge in [0.1, 0.15) is 19.9 Å². The number of benzene rings is 2. The summed E-state index contributed by atoms with van der Waals surface area (Å²) in [6, 6.07) is 14.7. The average molecular weight is 1000 g/mol. The van der Waals surface area contributed by atoms with E-state index in [4.69, 9.17) is 14.2 Å².